The first kappa shape index (κ1) is 18.7. The summed E-state index contributed by atoms with van der Waals surface area (Å²) in [6.45, 7) is 1.96. The Labute approximate surface area is 160 Å². The van der Waals surface area contributed by atoms with Crippen LogP contribution in [0.2, 0.25) is 0 Å². The van der Waals surface area contributed by atoms with E-state index in [9.17, 15) is 18.0 Å². The Bertz CT molecular complexity index is 870. The number of piperidine rings is 1. The van der Waals surface area contributed by atoms with E-state index >= 15 is 0 Å². The average molecular weight is 391 g/mol. The molecule has 2 bridgehead atoms. The number of ether oxygens (including phenoxy) is 1. The van der Waals surface area contributed by atoms with E-state index in [0.29, 0.717) is 0 Å². The monoisotopic (exact) mass is 391 g/mol. The summed E-state index contributed by atoms with van der Waals surface area (Å²) in [4.78, 5) is 23.1. The molecule has 1 aromatic carbocycles. The molecular formula is C20H20F3N3O2. The zero-order valence-corrected chi connectivity index (χ0v) is 15.3. The number of benzene rings is 1. The number of nitrogens with zero attached hydrogens (tertiary/aromatic N) is 3. The summed E-state index contributed by atoms with van der Waals surface area (Å²) in [7, 11) is 0. The van der Waals surface area contributed by atoms with Gasteiger partial charge >= 0.3 is 6.18 Å². The van der Waals surface area contributed by atoms with Crippen LogP contribution in [0.5, 0.6) is 5.75 Å². The molecule has 0 radical (unpaired) electrons. The molecule has 1 aromatic heterocycles. The van der Waals surface area contributed by atoms with Gasteiger partial charge in [-0.25, -0.2) is 4.98 Å². The van der Waals surface area contributed by atoms with Crippen molar-refractivity contribution in [2.75, 3.05) is 6.61 Å². The third-order valence-corrected chi connectivity index (χ3v) is 5.56. The van der Waals surface area contributed by atoms with E-state index in [1.54, 1.807) is 18.0 Å². The molecule has 148 valence electrons. The zero-order valence-electron chi connectivity index (χ0n) is 15.3. The number of carbonyl (C=O) groups is 1. The van der Waals surface area contributed by atoms with Gasteiger partial charge in [-0.15, -0.1) is 0 Å². The largest absolute Gasteiger partial charge is 0.491 e. The molecule has 2 fully saturated rings. The van der Waals surface area contributed by atoms with Gasteiger partial charge in [-0.2, -0.15) is 13.2 Å². The highest BCUT2D eigenvalue weighted by atomic mass is 19.4. The molecule has 5 nitrogen and oxygen atoms in total. The number of likely N-dealkylation sites (tertiary alicyclic amines) is 1. The summed E-state index contributed by atoms with van der Waals surface area (Å²) in [5, 5.41) is 0. The van der Waals surface area contributed by atoms with Crippen molar-refractivity contribution in [1.29, 1.82) is 0 Å². The van der Waals surface area contributed by atoms with E-state index in [4.69, 9.17) is 4.74 Å². The number of halogens is 3. The van der Waals surface area contributed by atoms with Crippen LogP contribution >= 0.6 is 0 Å². The van der Waals surface area contributed by atoms with Gasteiger partial charge in [0.05, 0.1) is 23.5 Å². The quantitative estimate of drug-likeness (QED) is 0.794. The Kier molecular flexibility index (Phi) is 4.72. The predicted octanol–water partition coefficient (Wildman–Crippen LogP) is 3.88. The van der Waals surface area contributed by atoms with E-state index in [1.807, 2.05) is 0 Å². The number of carbonyl (C=O) groups excluding carboxylic acids is 1. The van der Waals surface area contributed by atoms with Gasteiger partial charge in [0.2, 0.25) is 0 Å². The number of alkyl halides is 3. The van der Waals surface area contributed by atoms with Gasteiger partial charge in [0, 0.05) is 12.2 Å². The second-order valence-electron chi connectivity index (χ2n) is 7.39. The van der Waals surface area contributed by atoms with Crippen molar-refractivity contribution in [2.24, 2.45) is 5.92 Å². The lowest BCUT2D eigenvalue weighted by molar-refractivity contribution is -0.137. The molecule has 28 heavy (non-hydrogen) atoms. The van der Waals surface area contributed by atoms with Crippen LogP contribution < -0.4 is 4.74 Å². The highest BCUT2D eigenvalue weighted by molar-refractivity contribution is 5.92. The summed E-state index contributed by atoms with van der Waals surface area (Å²) in [5.41, 5.74) is 0.256. The van der Waals surface area contributed by atoms with Crippen LogP contribution in [0, 0.1) is 12.8 Å². The van der Waals surface area contributed by atoms with E-state index in [1.165, 1.54) is 18.3 Å². The van der Waals surface area contributed by atoms with Crippen LogP contribution in [0.4, 0.5) is 13.2 Å². The minimum Gasteiger partial charge on any atom is -0.491 e. The Morgan fingerprint density at radius 3 is 2.79 bits per heavy atom. The molecular weight excluding hydrogens is 371 g/mol. The number of aromatic nitrogens is 2. The summed E-state index contributed by atoms with van der Waals surface area (Å²) >= 11 is 0. The van der Waals surface area contributed by atoms with Crippen molar-refractivity contribution in [3.05, 3.63) is 53.6 Å². The SMILES string of the molecule is Cc1cnc(C(=O)N2[C@H]3CC[C@H](C3)[C@H]2COc2cccc(C(F)(F)F)c2)cn1. The molecule has 0 unspecified atom stereocenters. The number of hydrogen-bond acceptors (Lipinski definition) is 4. The Morgan fingerprint density at radius 2 is 2.07 bits per heavy atom. The Morgan fingerprint density at radius 1 is 1.25 bits per heavy atom. The average Bonchev–Trinajstić information content (AvgIpc) is 3.27. The molecule has 0 spiro atoms. The van der Waals surface area contributed by atoms with E-state index in [2.05, 4.69) is 9.97 Å². The number of fused-ring (bicyclic) bond motifs is 2. The molecule has 2 aromatic rings. The van der Waals surface area contributed by atoms with Gasteiger partial charge in [-0.1, -0.05) is 6.07 Å². The number of hydrogen-bond donors (Lipinski definition) is 0. The lowest BCUT2D eigenvalue weighted by Gasteiger charge is -2.35. The minimum atomic E-state index is -4.42. The molecule has 8 heteroatoms. The standard InChI is InChI=1S/C20H20F3N3O2/c1-12-9-25-17(10-24-12)19(27)26-15-6-5-13(7-15)18(26)11-28-16-4-2-3-14(8-16)20(21,22)23/h2-4,8-10,13,15,18H,5-7,11H2,1H3/t13-,15+,18-/m1/s1. The fourth-order valence-corrected chi connectivity index (χ4v) is 4.20. The van der Waals surface area contributed by atoms with Gasteiger partial charge in [0.25, 0.3) is 5.91 Å². The van der Waals surface area contributed by atoms with Crippen molar-refractivity contribution < 1.29 is 22.7 Å². The molecule has 2 heterocycles. The molecule has 0 N–H and O–H groups in total. The van der Waals surface area contributed by atoms with Crippen molar-refractivity contribution in [1.82, 2.24) is 14.9 Å². The molecule has 1 saturated heterocycles. The summed E-state index contributed by atoms with van der Waals surface area (Å²) < 4.78 is 44.4. The predicted molar refractivity (Wildman–Crippen MR) is 94.8 cm³/mol. The molecule has 2 aliphatic rings. The maximum absolute atomic E-state index is 13.0. The second-order valence-corrected chi connectivity index (χ2v) is 7.39. The first-order valence-corrected chi connectivity index (χ1v) is 9.24. The van der Waals surface area contributed by atoms with Gasteiger partial charge < -0.3 is 9.64 Å². The number of rotatable bonds is 4. The van der Waals surface area contributed by atoms with Gasteiger partial charge in [0.1, 0.15) is 18.1 Å². The van der Waals surface area contributed by atoms with Crippen LogP contribution in [-0.4, -0.2) is 39.5 Å². The van der Waals surface area contributed by atoms with E-state index in [0.717, 1.165) is 37.1 Å². The maximum atomic E-state index is 13.0. The molecule has 1 amide bonds. The molecule has 1 aliphatic heterocycles. The Balaban J connectivity index is 1.50. The molecule has 1 saturated carbocycles. The summed E-state index contributed by atoms with van der Waals surface area (Å²) in [6.07, 6.45) is 1.41. The first-order chi connectivity index (χ1) is 13.3. The fourth-order valence-electron chi connectivity index (χ4n) is 4.20. The normalized spacial score (nSPS) is 23.9. The van der Waals surface area contributed by atoms with Crippen LogP contribution in [0.25, 0.3) is 0 Å². The van der Waals surface area contributed by atoms with Crippen LogP contribution in [0.15, 0.2) is 36.7 Å². The smallest absolute Gasteiger partial charge is 0.416 e. The maximum Gasteiger partial charge on any atom is 0.416 e. The van der Waals surface area contributed by atoms with Gasteiger partial charge in [-0.05, 0) is 50.3 Å². The van der Waals surface area contributed by atoms with Gasteiger partial charge in [0.15, 0.2) is 0 Å². The van der Waals surface area contributed by atoms with Crippen molar-refractivity contribution in [2.45, 2.75) is 44.4 Å². The van der Waals surface area contributed by atoms with Crippen molar-refractivity contribution in [3.63, 3.8) is 0 Å². The lowest BCUT2D eigenvalue weighted by Crippen LogP contribution is -2.48. The molecule has 1 aliphatic carbocycles. The lowest BCUT2D eigenvalue weighted by atomic mass is 9.99. The fraction of sp³-hybridized carbons (Fsp3) is 0.450. The highest BCUT2D eigenvalue weighted by Crippen LogP contribution is 2.43. The van der Waals surface area contributed by atoms with Crippen LogP contribution in [-0.2, 0) is 6.18 Å². The summed E-state index contributed by atoms with van der Waals surface area (Å²) in [5.74, 6) is 0.246. The van der Waals surface area contributed by atoms with E-state index < -0.39 is 11.7 Å². The Hall–Kier alpha value is -2.64. The highest BCUT2D eigenvalue weighted by Gasteiger charge is 2.48. The third kappa shape index (κ3) is 3.55. The van der Waals surface area contributed by atoms with Crippen molar-refractivity contribution in [3.8, 4) is 5.75 Å². The second kappa shape index (κ2) is 7.07. The zero-order chi connectivity index (χ0) is 19.9. The number of aryl methyl sites for hydroxylation is 1. The first-order valence-electron chi connectivity index (χ1n) is 9.24. The van der Waals surface area contributed by atoms with Gasteiger partial charge in [-0.3, -0.25) is 9.78 Å². The minimum absolute atomic E-state index is 0.121. The third-order valence-electron chi connectivity index (χ3n) is 5.56. The van der Waals surface area contributed by atoms with Crippen LogP contribution in [0.3, 0.4) is 0 Å². The summed E-state index contributed by atoms with van der Waals surface area (Å²) in [6, 6.07) is 4.77. The molecule has 4 rings (SSSR count). The van der Waals surface area contributed by atoms with E-state index in [-0.39, 0.29) is 42.0 Å². The topological polar surface area (TPSA) is 55.3 Å². The van der Waals surface area contributed by atoms with Crippen LogP contribution in [0.1, 0.15) is 41.0 Å². The number of amides is 1. The van der Waals surface area contributed by atoms with Crippen molar-refractivity contribution >= 4 is 5.91 Å². The molecule has 3 atom stereocenters.